The minimum absolute atomic E-state index is 0.0438. The number of carbonyl (C=O) groups excluding carboxylic acids is 2. The van der Waals surface area contributed by atoms with Crippen LogP contribution in [-0.2, 0) is 20.7 Å². The van der Waals surface area contributed by atoms with Gasteiger partial charge in [-0.05, 0) is 88.9 Å². The highest BCUT2D eigenvalue weighted by Gasteiger charge is 2.58. The van der Waals surface area contributed by atoms with E-state index in [1.807, 2.05) is 19.9 Å². The summed E-state index contributed by atoms with van der Waals surface area (Å²) in [6.07, 6.45) is 13.4. The number of fused-ring (bicyclic) bond motifs is 6. The monoisotopic (exact) mass is 604 g/mol. The van der Waals surface area contributed by atoms with Crippen molar-refractivity contribution < 1.29 is 28.6 Å². The molecule has 4 aliphatic rings. The number of aromatic hydroxyl groups is 1. The van der Waals surface area contributed by atoms with E-state index in [1.54, 1.807) is 6.92 Å². The maximum atomic E-state index is 12.4. The largest absolute Gasteiger partial charge is 0.507 e. The molecular weight excluding hydrogens is 556 g/mol. The van der Waals surface area contributed by atoms with Crippen LogP contribution in [0.4, 0.5) is 0 Å². The third kappa shape index (κ3) is 5.75. The molecule has 6 atom stereocenters. The number of benzene rings is 1. The van der Waals surface area contributed by atoms with Gasteiger partial charge in [-0.3, -0.25) is 14.4 Å². The highest BCUT2D eigenvalue weighted by Crippen LogP contribution is 2.64. The van der Waals surface area contributed by atoms with Crippen molar-refractivity contribution in [3.05, 3.63) is 57.0 Å². The van der Waals surface area contributed by atoms with Crippen LogP contribution in [0.25, 0.3) is 11.0 Å². The van der Waals surface area contributed by atoms with Gasteiger partial charge in [-0.2, -0.15) is 0 Å². The van der Waals surface area contributed by atoms with E-state index in [1.165, 1.54) is 38.2 Å². The van der Waals surface area contributed by atoms with E-state index in [0.29, 0.717) is 47.1 Å². The van der Waals surface area contributed by atoms with E-state index in [-0.39, 0.29) is 39.5 Å². The number of allylic oxidation sites excluding steroid dienone is 3. The number of phenols is 1. The predicted molar refractivity (Wildman–Crippen MR) is 171 cm³/mol. The molecule has 1 aromatic heterocycles. The van der Waals surface area contributed by atoms with Gasteiger partial charge in [0.2, 0.25) is 0 Å². The first-order valence-electron chi connectivity index (χ1n) is 16.1. The van der Waals surface area contributed by atoms with Crippen LogP contribution in [0.15, 0.2) is 44.6 Å². The van der Waals surface area contributed by atoms with Gasteiger partial charge >= 0.3 is 5.97 Å². The van der Waals surface area contributed by atoms with Gasteiger partial charge in [-0.25, -0.2) is 0 Å². The number of hydrogen-bond donors (Lipinski definition) is 1. The highest BCUT2D eigenvalue weighted by molar-refractivity contribution is 5.88. The van der Waals surface area contributed by atoms with E-state index < -0.39 is 0 Å². The Labute approximate surface area is 260 Å². The van der Waals surface area contributed by atoms with Crippen LogP contribution >= 0.6 is 0 Å². The van der Waals surface area contributed by atoms with Crippen molar-refractivity contribution in [2.45, 2.75) is 105 Å². The maximum absolute atomic E-state index is 12.4. The molecule has 1 N–H and O–H groups in total. The number of Topliss-reactive ketones (excluding diaryl/α,β-unsaturated/α-hetero) is 1. The molecule has 44 heavy (non-hydrogen) atoms. The molecule has 0 saturated heterocycles. The summed E-state index contributed by atoms with van der Waals surface area (Å²) in [5.74, 6) is 3.24. The first-order chi connectivity index (χ1) is 20.8. The zero-order valence-electron chi connectivity index (χ0n) is 27.4. The molecule has 1 aromatic carbocycles. The molecule has 3 fully saturated rings. The second-order valence-electron chi connectivity index (χ2n) is 14.1. The lowest BCUT2D eigenvalue weighted by Gasteiger charge is -2.56. The summed E-state index contributed by atoms with van der Waals surface area (Å²) >= 11 is 0. The number of phenolic OH excluding ortho intramolecular Hbond substituents is 1. The number of methoxy groups -OCH3 is 1. The molecule has 238 valence electrons. The summed E-state index contributed by atoms with van der Waals surface area (Å²) in [5.41, 5.74) is 3.80. The molecule has 0 radical (unpaired) electrons. The van der Waals surface area contributed by atoms with Gasteiger partial charge in [0.15, 0.2) is 5.43 Å². The standard InChI is InChI=1S/C21H30O3.C16H18O4/c1-13(22)24-15-8-10-20(2)14(12-15)4-5-16-17-6-7-19(23)21(17,3)11-9-18(16)20;1-9(2)5-6-11-14(19-4)8-13(18)15-12(17)7-10(3)20-16(11)15/h4,15-18H,5-12H2,1-3H3;5,7-8,18H,6H2,1-4H3. The topological polar surface area (TPSA) is 103 Å². The molecule has 7 heteroatoms. The van der Waals surface area contributed by atoms with E-state index in [2.05, 4.69) is 19.9 Å². The van der Waals surface area contributed by atoms with Crippen LogP contribution in [0.1, 0.15) is 97.3 Å². The molecule has 0 amide bonds. The first kappa shape index (κ1) is 32.1. The Bertz CT molecular complexity index is 1570. The highest BCUT2D eigenvalue weighted by atomic mass is 16.5. The summed E-state index contributed by atoms with van der Waals surface area (Å²) in [6, 6.07) is 2.84. The number of esters is 1. The van der Waals surface area contributed by atoms with Crippen molar-refractivity contribution in [1.82, 2.24) is 0 Å². The molecule has 4 aliphatic carbocycles. The van der Waals surface area contributed by atoms with Crippen molar-refractivity contribution in [2.75, 3.05) is 7.11 Å². The summed E-state index contributed by atoms with van der Waals surface area (Å²) < 4.78 is 16.5. The second-order valence-corrected chi connectivity index (χ2v) is 14.1. The smallest absolute Gasteiger partial charge is 0.302 e. The molecule has 0 bridgehead atoms. The minimum atomic E-state index is -0.248. The summed E-state index contributed by atoms with van der Waals surface area (Å²) in [7, 11) is 1.53. The van der Waals surface area contributed by atoms with Gasteiger partial charge in [0.25, 0.3) is 0 Å². The van der Waals surface area contributed by atoms with Crippen LogP contribution in [0.2, 0.25) is 0 Å². The summed E-state index contributed by atoms with van der Waals surface area (Å²) in [5, 5.41) is 10.2. The Morgan fingerprint density at radius 3 is 2.45 bits per heavy atom. The Morgan fingerprint density at radius 2 is 1.77 bits per heavy atom. The first-order valence-corrected chi connectivity index (χ1v) is 16.1. The van der Waals surface area contributed by atoms with Gasteiger partial charge in [0.1, 0.15) is 40.1 Å². The van der Waals surface area contributed by atoms with Crippen LogP contribution in [0, 0.1) is 35.5 Å². The third-order valence-corrected chi connectivity index (χ3v) is 11.2. The van der Waals surface area contributed by atoms with Crippen molar-refractivity contribution >= 4 is 22.7 Å². The lowest BCUT2D eigenvalue weighted by molar-refractivity contribution is -0.148. The number of carbonyl (C=O) groups is 2. The molecule has 7 nitrogen and oxygen atoms in total. The van der Waals surface area contributed by atoms with Crippen molar-refractivity contribution in [3.8, 4) is 11.5 Å². The molecule has 1 heterocycles. The maximum Gasteiger partial charge on any atom is 0.302 e. The predicted octanol–water partition coefficient (Wildman–Crippen LogP) is 7.77. The quantitative estimate of drug-likeness (QED) is 0.281. The number of aryl methyl sites for hydroxylation is 1. The van der Waals surface area contributed by atoms with E-state index >= 15 is 0 Å². The summed E-state index contributed by atoms with van der Waals surface area (Å²) in [6.45, 7) is 11.9. The van der Waals surface area contributed by atoms with E-state index in [4.69, 9.17) is 13.9 Å². The molecule has 0 spiro atoms. The van der Waals surface area contributed by atoms with Crippen LogP contribution in [-0.4, -0.2) is 30.1 Å². The van der Waals surface area contributed by atoms with Crippen molar-refractivity contribution in [2.24, 2.45) is 28.6 Å². The second kappa shape index (κ2) is 12.2. The molecule has 3 saturated carbocycles. The third-order valence-electron chi connectivity index (χ3n) is 11.2. The zero-order chi connectivity index (χ0) is 32.0. The normalized spacial score (nSPS) is 30.6. The minimum Gasteiger partial charge on any atom is -0.507 e. The van der Waals surface area contributed by atoms with E-state index in [9.17, 15) is 19.5 Å². The lowest BCUT2D eigenvalue weighted by Crippen LogP contribution is -2.50. The fourth-order valence-electron chi connectivity index (χ4n) is 8.88. The van der Waals surface area contributed by atoms with Gasteiger partial charge in [0.05, 0.1) is 7.11 Å². The van der Waals surface area contributed by atoms with Crippen LogP contribution in [0.3, 0.4) is 0 Å². The molecular formula is C37H48O7. The number of ether oxygens (including phenoxy) is 2. The average molecular weight is 605 g/mol. The Morgan fingerprint density at radius 1 is 1.07 bits per heavy atom. The summed E-state index contributed by atoms with van der Waals surface area (Å²) in [4.78, 5) is 35.8. The van der Waals surface area contributed by atoms with Gasteiger partial charge in [-0.15, -0.1) is 0 Å². The average Bonchev–Trinajstić information content (AvgIpc) is 3.26. The Hall–Kier alpha value is -3.35. The zero-order valence-corrected chi connectivity index (χ0v) is 27.4. The molecule has 6 rings (SSSR count). The molecule has 6 unspecified atom stereocenters. The van der Waals surface area contributed by atoms with Gasteiger partial charge in [-0.1, -0.05) is 37.1 Å². The van der Waals surface area contributed by atoms with Crippen molar-refractivity contribution in [1.29, 1.82) is 0 Å². The molecule has 2 aromatic rings. The molecule has 0 aliphatic heterocycles. The number of ketones is 1. The fraction of sp³-hybridized carbons (Fsp3) is 0.595. The number of rotatable bonds is 4. The Balaban J connectivity index is 0.000000178. The Kier molecular flexibility index (Phi) is 8.90. The fourth-order valence-corrected chi connectivity index (χ4v) is 8.88. The SMILES string of the molecule is CC(=O)OC1CCC2(C)C(=CCC3C4CCC(=O)C4(C)CCC32)C1.COc1cc(O)c2c(=O)cc(C)oc2c1CC=C(C)C. The number of hydrogen-bond acceptors (Lipinski definition) is 7. The van der Waals surface area contributed by atoms with Crippen molar-refractivity contribution in [3.63, 3.8) is 0 Å². The van der Waals surface area contributed by atoms with Crippen LogP contribution < -0.4 is 10.2 Å². The van der Waals surface area contributed by atoms with Gasteiger partial charge < -0.3 is 19.0 Å². The lowest BCUT2D eigenvalue weighted by atomic mass is 9.48. The van der Waals surface area contributed by atoms with Gasteiger partial charge in [0, 0.05) is 42.9 Å². The van der Waals surface area contributed by atoms with E-state index in [0.717, 1.165) is 56.1 Å². The van der Waals surface area contributed by atoms with Crippen LogP contribution in [0.5, 0.6) is 11.5 Å².